The Morgan fingerprint density at radius 2 is 1.87 bits per heavy atom. The molecule has 23 heavy (non-hydrogen) atoms. The Labute approximate surface area is 144 Å². The highest BCUT2D eigenvalue weighted by molar-refractivity contribution is 6.30. The van der Waals surface area contributed by atoms with Crippen molar-refractivity contribution < 1.29 is 9.47 Å². The molecule has 1 aliphatic carbocycles. The molecule has 1 heterocycles. The standard InChI is InChI=1S/C19H28ClNO2/c1-19(2,11-14-7-9-15(20)10-8-14)18-22-13-17(23-18)12-21-16-5-3-4-6-16/h7-10,16-18,21H,3-6,11-13H2,1-2H3. The van der Waals surface area contributed by atoms with Crippen LogP contribution in [0.25, 0.3) is 0 Å². The van der Waals surface area contributed by atoms with Gasteiger partial charge in [-0.3, -0.25) is 0 Å². The summed E-state index contributed by atoms with van der Waals surface area (Å²) in [6, 6.07) is 8.73. The van der Waals surface area contributed by atoms with Crippen LogP contribution in [0.1, 0.15) is 45.1 Å². The lowest BCUT2D eigenvalue weighted by atomic mass is 9.85. The van der Waals surface area contributed by atoms with E-state index in [-0.39, 0.29) is 17.8 Å². The van der Waals surface area contributed by atoms with Crippen LogP contribution in [-0.4, -0.2) is 31.6 Å². The summed E-state index contributed by atoms with van der Waals surface area (Å²) in [5, 5.41) is 4.41. The van der Waals surface area contributed by atoms with Crippen molar-refractivity contribution >= 4 is 11.6 Å². The monoisotopic (exact) mass is 337 g/mol. The highest BCUT2D eigenvalue weighted by Gasteiger charge is 2.38. The number of halogens is 1. The van der Waals surface area contributed by atoms with Crippen molar-refractivity contribution in [3.05, 3.63) is 34.9 Å². The van der Waals surface area contributed by atoms with E-state index >= 15 is 0 Å². The molecule has 1 N–H and O–H groups in total. The first-order chi connectivity index (χ1) is 11.0. The summed E-state index contributed by atoms with van der Waals surface area (Å²) >= 11 is 5.96. The van der Waals surface area contributed by atoms with Gasteiger partial charge in [0.2, 0.25) is 0 Å². The van der Waals surface area contributed by atoms with Gasteiger partial charge in [0.1, 0.15) is 0 Å². The summed E-state index contributed by atoms with van der Waals surface area (Å²) in [5.74, 6) is 0. The van der Waals surface area contributed by atoms with Crippen LogP contribution in [0.3, 0.4) is 0 Å². The summed E-state index contributed by atoms with van der Waals surface area (Å²) in [4.78, 5) is 0. The van der Waals surface area contributed by atoms with Crippen molar-refractivity contribution in [2.75, 3.05) is 13.2 Å². The maximum Gasteiger partial charge on any atom is 0.163 e. The zero-order valence-electron chi connectivity index (χ0n) is 14.2. The third kappa shape index (κ3) is 4.69. The van der Waals surface area contributed by atoms with Crippen LogP contribution in [-0.2, 0) is 15.9 Å². The first kappa shape index (κ1) is 17.2. The van der Waals surface area contributed by atoms with E-state index in [4.69, 9.17) is 21.1 Å². The van der Waals surface area contributed by atoms with Gasteiger partial charge in [0.15, 0.2) is 6.29 Å². The normalized spacial score (nSPS) is 26.0. The van der Waals surface area contributed by atoms with Gasteiger partial charge in [-0.15, -0.1) is 0 Å². The Bertz CT molecular complexity index is 497. The zero-order chi connectivity index (χ0) is 16.3. The Hall–Kier alpha value is -0.610. The predicted molar refractivity (Wildman–Crippen MR) is 93.8 cm³/mol. The zero-order valence-corrected chi connectivity index (χ0v) is 14.9. The van der Waals surface area contributed by atoms with Crippen molar-refractivity contribution in [3.63, 3.8) is 0 Å². The Morgan fingerprint density at radius 1 is 1.17 bits per heavy atom. The lowest BCUT2D eigenvalue weighted by Gasteiger charge is -2.30. The van der Waals surface area contributed by atoms with E-state index < -0.39 is 0 Å². The highest BCUT2D eigenvalue weighted by Crippen LogP contribution is 2.33. The summed E-state index contributed by atoms with van der Waals surface area (Å²) in [7, 11) is 0. The number of rotatable bonds is 6. The molecular weight excluding hydrogens is 310 g/mol. The predicted octanol–water partition coefficient (Wildman–Crippen LogP) is 4.18. The molecule has 0 spiro atoms. The van der Waals surface area contributed by atoms with Crippen molar-refractivity contribution in [3.8, 4) is 0 Å². The molecule has 2 fully saturated rings. The average molecular weight is 338 g/mol. The molecule has 2 unspecified atom stereocenters. The molecule has 1 aromatic carbocycles. The van der Waals surface area contributed by atoms with Gasteiger partial charge >= 0.3 is 0 Å². The Morgan fingerprint density at radius 3 is 2.57 bits per heavy atom. The van der Waals surface area contributed by atoms with Gasteiger partial charge in [0, 0.05) is 23.0 Å². The van der Waals surface area contributed by atoms with E-state index in [1.165, 1.54) is 31.2 Å². The molecule has 1 aliphatic heterocycles. The van der Waals surface area contributed by atoms with Crippen molar-refractivity contribution in [1.29, 1.82) is 0 Å². The van der Waals surface area contributed by atoms with Gasteiger partial charge in [0.05, 0.1) is 12.7 Å². The maximum atomic E-state index is 6.17. The smallest absolute Gasteiger partial charge is 0.163 e. The second-order valence-electron chi connectivity index (χ2n) is 7.60. The number of nitrogens with one attached hydrogen (secondary N) is 1. The van der Waals surface area contributed by atoms with Gasteiger partial charge in [0.25, 0.3) is 0 Å². The molecule has 0 bridgehead atoms. The summed E-state index contributed by atoms with van der Waals surface area (Å²) in [6.07, 6.45) is 6.27. The molecule has 1 saturated heterocycles. The molecule has 1 aromatic rings. The summed E-state index contributed by atoms with van der Waals surface area (Å²) in [6.45, 7) is 6.00. The fraction of sp³-hybridized carbons (Fsp3) is 0.684. The van der Waals surface area contributed by atoms with Crippen LogP contribution >= 0.6 is 11.6 Å². The van der Waals surface area contributed by atoms with Crippen LogP contribution in [0.5, 0.6) is 0 Å². The number of benzene rings is 1. The minimum Gasteiger partial charge on any atom is -0.349 e. The number of hydrogen-bond donors (Lipinski definition) is 1. The lowest BCUT2D eigenvalue weighted by molar-refractivity contribution is -0.130. The summed E-state index contributed by atoms with van der Waals surface area (Å²) in [5.41, 5.74) is 1.20. The molecular formula is C19H28ClNO2. The first-order valence-corrected chi connectivity index (χ1v) is 9.16. The van der Waals surface area contributed by atoms with Crippen molar-refractivity contribution in [2.24, 2.45) is 5.41 Å². The molecule has 3 nitrogen and oxygen atoms in total. The Kier molecular flexibility index (Phi) is 5.63. The minimum absolute atomic E-state index is 0.0596. The molecule has 3 rings (SSSR count). The fourth-order valence-electron chi connectivity index (χ4n) is 3.60. The molecule has 2 aliphatic rings. The summed E-state index contributed by atoms with van der Waals surface area (Å²) < 4.78 is 12.1. The Balaban J connectivity index is 1.49. The molecule has 128 valence electrons. The minimum atomic E-state index is -0.145. The number of ether oxygens (including phenoxy) is 2. The second kappa shape index (κ2) is 7.52. The van der Waals surface area contributed by atoms with E-state index in [1.807, 2.05) is 12.1 Å². The van der Waals surface area contributed by atoms with Crippen LogP contribution in [0.15, 0.2) is 24.3 Å². The highest BCUT2D eigenvalue weighted by atomic mass is 35.5. The largest absolute Gasteiger partial charge is 0.349 e. The van der Waals surface area contributed by atoms with E-state index in [2.05, 4.69) is 31.3 Å². The average Bonchev–Trinajstić information content (AvgIpc) is 3.18. The molecule has 0 radical (unpaired) electrons. The van der Waals surface area contributed by atoms with Gasteiger partial charge < -0.3 is 14.8 Å². The quantitative estimate of drug-likeness (QED) is 0.844. The van der Waals surface area contributed by atoms with Gasteiger partial charge in [-0.1, -0.05) is 50.4 Å². The van der Waals surface area contributed by atoms with Gasteiger partial charge in [-0.05, 0) is 37.0 Å². The number of hydrogen-bond acceptors (Lipinski definition) is 3. The SMILES string of the molecule is CC(C)(Cc1ccc(Cl)cc1)C1OCC(CNC2CCCC2)O1. The third-order valence-corrected chi connectivity index (χ3v) is 5.20. The second-order valence-corrected chi connectivity index (χ2v) is 8.04. The first-order valence-electron chi connectivity index (χ1n) is 8.78. The molecule has 2 atom stereocenters. The van der Waals surface area contributed by atoms with Crippen molar-refractivity contribution in [2.45, 2.75) is 64.4 Å². The fourth-order valence-corrected chi connectivity index (χ4v) is 3.73. The molecule has 0 amide bonds. The van der Waals surface area contributed by atoms with Gasteiger partial charge in [-0.25, -0.2) is 0 Å². The topological polar surface area (TPSA) is 30.5 Å². The van der Waals surface area contributed by atoms with E-state index in [0.717, 1.165) is 18.0 Å². The molecule has 4 heteroatoms. The lowest BCUT2D eigenvalue weighted by Crippen LogP contribution is -2.37. The third-order valence-electron chi connectivity index (χ3n) is 4.95. The molecule has 1 saturated carbocycles. The molecule has 0 aromatic heterocycles. The van der Waals surface area contributed by atoms with Gasteiger partial charge in [-0.2, -0.15) is 0 Å². The van der Waals surface area contributed by atoms with E-state index in [1.54, 1.807) is 0 Å². The van der Waals surface area contributed by atoms with Crippen molar-refractivity contribution in [1.82, 2.24) is 5.32 Å². The van der Waals surface area contributed by atoms with Crippen LogP contribution in [0.4, 0.5) is 0 Å². The van der Waals surface area contributed by atoms with E-state index in [9.17, 15) is 0 Å². The van der Waals surface area contributed by atoms with Crippen LogP contribution < -0.4 is 5.32 Å². The van der Waals surface area contributed by atoms with Crippen LogP contribution in [0, 0.1) is 5.41 Å². The maximum absolute atomic E-state index is 6.17. The van der Waals surface area contributed by atoms with E-state index in [0.29, 0.717) is 12.6 Å². The van der Waals surface area contributed by atoms with Crippen LogP contribution in [0.2, 0.25) is 5.02 Å².